The fourth-order valence-electron chi connectivity index (χ4n) is 15.3. The fraction of sp³-hybridized carbons (Fsp3) is 0.363. The van der Waals surface area contributed by atoms with E-state index in [4.69, 9.17) is 0 Å². The van der Waals surface area contributed by atoms with E-state index in [1.54, 1.807) is 68.7 Å². The Hall–Kier alpha value is -11.0. The number of para-hydroxylation sites is 2. The number of sulfonamides is 8. The summed E-state index contributed by atoms with van der Waals surface area (Å²) in [6, 6.07) is 44.1. The Morgan fingerprint density at radius 1 is 0.362 bits per heavy atom. The van der Waals surface area contributed by atoms with Crippen molar-refractivity contribution in [1.29, 1.82) is 0 Å². The van der Waals surface area contributed by atoms with Gasteiger partial charge in [0.05, 0.1) is 81.6 Å². The van der Waals surface area contributed by atoms with Crippen molar-refractivity contribution in [2.24, 2.45) is 11.8 Å². The first-order valence-electron chi connectivity index (χ1n) is 44.2. The zero-order chi connectivity index (χ0) is 101. The molecule has 10 aromatic rings. The van der Waals surface area contributed by atoms with E-state index in [0.717, 1.165) is 189 Å². The lowest BCUT2D eigenvalue weighted by Gasteiger charge is -2.33. The molecule has 47 heteroatoms. The van der Waals surface area contributed by atoms with E-state index in [1.165, 1.54) is 142 Å². The molecule has 0 atom stereocenters. The van der Waals surface area contributed by atoms with Crippen LogP contribution < -0.4 is 48.5 Å². The summed E-state index contributed by atoms with van der Waals surface area (Å²) in [6.45, 7) is 20.4. The third-order valence-electron chi connectivity index (χ3n) is 23.3. The molecule has 0 spiro atoms. The number of hydrogen-bond donors (Lipinski definition) is 6. The number of nitrogens with one attached hydrogen (secondary N) is 6. The lowest BCUT2D eigenvalue weighted by atomic mass is 9.98. The average molecular weight is 2090 g/mol. The van der Waals surface area contributed by atoms with Crippen molar-refractivity contribution >= 4 is 157 Å². The molecule has 746 valence electrons. The third kappa shape index (κ3) is 27.8. The molecular formula is C91H117N17O20S10. The summed E-state index contributed by atoms with van der Waals surface area (Å²) in [4.78, 5) is 24.0. The third-order valence-corrected chi connectivity index (χ3v) is 37.8. The van der Waals surface area contributed by atoms with Crippen LogP contribution in [0.3, 0.4) is 0 Å². The van der Waals surface area contributed by atoms with E-state index in [9.17, 15) is 84.2 Å². The van der Waals surface area contributed by atoms with Crippen LogP contribution in [-0.4, -0.2) is 223 Å². The van der Waals surface area contributed by atoms with Gasteiger partial charge in [-0.3, -0.25) is 33.6 Å². The number of hydrogen-bond acceptors (Lipinski definition) is 29. The van der Waals surface area contributed by atoms with Gasteiger partial charge in [0.15, 0.2) is 29.7 Å². The highest BCUT2D eigenvalue weighted by Crippen LogP contribution is 2.37. The Balaban J connectivity index is 0.000000166. The highest BCUT2D eigenvalue weighted by Gasteiger charge is 2.31. The molecule has 0 amide bonds. The van der Waals surface area contributed by atoms with Crippen LogP contribution in [0.5, 0.6) is 0 Å². The number of anilines is 9. The first kappa shape index (κ1) is 107. The number of sulfone groups is 2. The molecule has 4 saturated heterocycles. The molecule has 138 heavy (non-hydrogen) atoms. The van der Waals surface area contributed by atoms with Crippen LogP contribution in [-0.2, 0) is 106 Å². The minimum Gasteiger partial charge on any atom is -0.381 e. The van der Waals surface area contributed by atoms with Gasteiger partial charge in [0, 0.05) is 160 Å². The molecule has 37 nitrogen and oxygen atoms in total. The monoisotopic (exact) mass is 2090 g/mol. The highest BCUT2D eigenvalue weighted by molar-refractivity contribution is 7.94. The predicted octanol–water partition coefficient (Wildman–Crippen LogP) is 11.9. The summed E-state index contributed by atoms with van der Waals surface area (Å²) < 4.78 is 264. The molecule has 0 bridgehead atoms. The van der Waals surface area contributed by atoms with E-state index >= 15 is 0 Å². The maximum Gasteiger partial charge on any atom is 0.263 e. The molecule has 0 unspecified atom stereocenters. The Bertz CT molecular complexity index is 7200. The molecule has 5 aliphatic rings. The quantitative estimate of drug-likeness (QED) is 0.0253. The maximum absolute atomic E-state index is 12.9. The van der Waals surface area contributed by atoms with Gasteiger partial charge < -0.3 is 24.9 Å². The van der Waals surface area contributed by atoms with Gasteiger partial charge in [-0.05, 0) is 227 Å². The first-order chi connectivity index (χ1) is 64.9. The Morgan fingerprint density at radius 3 is 1.20 bits per heavy atom. The van der Waals surface area contributed by atoms with Crippen LogP contribution >= 0.6 is 0 Å². The van der Waals surface area contributed by atoms with Crippen molar-refractivity contribution < 1.29 is 84.2 Å². The second-order valence-corrected chi connectivity index (χ2v) is 52.4. The van der Waals surface area contributed by atoms with Crippen molar-refractivity contribution in [1.82, 2.24) is 38.2 Å². The normalized spacial score (nSPS) is 15.6. The van der Waals surface area contributed by atoms with Gasteiger partial charge in [-0.1, -0.05) is 64.6 Å². The van der Waals surface area contributed by atoms with Gasteiger partial charge in [0.2, 0.25) is 30.1 Å². The van der Waals surface area contributed by atoms with E-state index in [-0.39, 0.29) is 49.2 Å². The molecule has 4 fully saturated rings. The predicted molar refractivity (Wildman–Crippen MR) is 537 cm³/mol. The molecule has 15 rings (SSSR count). The van der Waals surface area contributed by atoms with Crippen LogP contribution in [0, 0.1) is 11.8 Å². The first-order valence-corrected chi connectivity index (χ1v) is 59.7. The number of fused-ring (bicyclic) bond motifs is 1. The summed E-state index contributed by atoms with van der Waals surface area (Å²) in [5, 5.41) is 2.77. The van der Waals surface area contributed by atoms with Gasteiger partial charge in [0.1, 0.15) is 9.79 Å². The molecule has 6 aromatic carbocycles. The van der Waals surface area contributed by atoms with Gasteiger partial charge in [-0.25, -0.2) is 103 Å². The van der Waals surface area contributed by atoms with E-state index in [2.05, 4.69) is 88.9 Å². The summed E-state index contributed by atoms with van der Waals surface area (Å²) in [6.07, 6.45) is 21.3. The summed E-state index contributed by atoms with van der Waals surface area (Å²) >= 11 is 0. The van der Waals surface area contributed by atoms with Crippen molar-refractivity contribution in [3.63, 3.8) is 0 Å². The minimum absolute atomic E-state index is 0.0168. The van der Waals surface area contributed by atoms with Crippen LogP contribution in [0.15, 0.2) is 269 Å². The largest absolute Gasteiger partial charge is 0.381 e. The molecule has 0 aliphatic carbocycles. The number of pyridine rings is 4. The van der Waals surface area contributed by atoms with Crippen LogP contribution in [0.4, 0.5) is 51.2 Å². The van der Waals surface area contributed by atoms with Crippen molar-refractivity contribution in [3.05, 3.63) is 231 Å². The average Bonchev–Trinajstić information content (AvgIpc) is 1.18. The minimum atomic E-state index is -3.98. The van der Waals surface area contributed by atoms with Crippen molar-refractivity contribution in [2.75, 3.05) is 149 Å². The van der Waals surface area contributed by atoms with Crippen molar-refractivity contribution in [3.8, 4) is 0 Å². The lowest BCUT2D eigenvalue weighted by molar-refractivity contribution is 0.438. The van der Waals surface area contributed by atoms with Crippen LogP contribution in [0.2, 0.25) is 0 Å². The Morgan fingerprint density at radius 2 is 0.746 bits per heavy atom. The summed E-state index contributed by atoms with van der Waals surface area (Å²) in [5.74, 6) is 1.39. The topological polar surface area (TPSA) is 488 Å². The Kier molecular flexibility index (Phi) is 35.5. The smallest absolute Gasteiger partial charge is 0.263 e. The second-order valence-electron chi connectivity index (χ2n) is 33.8. The molecule has 0 radical (unpaired) electrons. The van der Waals surface area contributed by atoms with E-state index in [0.29, 0.717) is 59.9 Å². The van der Waals surface area contributed by atoms with Gasteiger partial charge >= 0.3 is 0 Å². The zero-order valence-corrected chi connectivity index (χ0v) is 86.3. The number of benzene rings is 6. The molecule has 4 aromatic heterocycles. The Labute approximate surface area is 812 Å². The summed E-state index contributed by atoms with van der Waals surface area (Å²) in [5.41, 5.74) is 8.23. The lowest BCUT2D eigenvalue weighted by Crippen LogP contribution is -2.33. The SMILES string of the molecule is C=C1NCc2ccc(NS(=O)(=O)c3ccc(S(=O)(=O)N(C)C)cc3)cc21.CC1CCN(c2ccccc2NS(=O)(=O)c2ccc(S(C)(=O)=O)nc2)CC1.CCN(CC)S(=O)(=O)c1ccc(S(=O)(=O)Nc2cccc(N3CCC(C)CC3)c2)cc1.CN(C)S(=O)(=O)c1cccc(S(=O)(=O)Nc2cnccc2N2CCCCC2)c1.CS(=O)(=O)c1ccc(S(=O)(=O)Nc2cnccc2N2CCCCC2)cn1. The molecule has 6 N–H and O–H groups in total. The second kappa shape index (κ2) is 45.5. The molecule has 5 aliphatic heterocycles. The fourth-order valence-corrected chi connectivity index (χ4v) is 25.0. The maximum atomic E-state index is 12.9. The molecule has 9 heterocycles. The van der Waals surface area contributed by atoms with E-state index < -0.39 is 99.9 Å². The summed E-state index contributed by atoms with van der Waals surface area (Å²) in [7, 11) is -31.8. The van der Waals surface area contributed by atoms with Crippen LogP contribution in [0.25, 0.3) is 5.70 Å². The number of nitrogens with zero attached hydrogens (tertiary/aromatic N) is 11. The van der Waals surface area contributed by atoms with Gasteiger partial charge in [0.25, 0.3) is 50.1 Å². The standard InChI is InChI=1S/C22H31N3O4S2.C18H24N4O4S2.C18H23N3O4S2.C17H19N3O4S2.C16H20N4O4S2/c1-4-25(5-2)31(28,29)22-11-9-21(10-12-22)30(26,27)23-19-7-6-8-20(17-19)24-15-13-18(3)14-16-24;1-21(2)28(25,26)16-8-6-7-15(13-16)27(23,24)20-17-14-19-10-9-18(17)22-11-4-3-5-12-22;1-14-9-11-21(12-10-14)17-6-4-3-5-16(17)20-27(24,25)15-7-8-18(19-13-15)26(2,22)23;1-12-17-10-14(5-4-13(17)11-18-12)19-25(21,22)15-6-8-16(9-7-15)26(23,24)20(2)3;1-25(21,22)16-6-5-13(11-18-16)26(23,24)19-14-12-17-8-7-15(14)20-9-3-2-4-10-20/h6-12,17-18,23H,4-5,13-16H2,1-3H3;6-10,13-14,20H,3-5,11-12H2,1-2H3;3-8,13-14,20H,9-12H2,1-2H3;4-10,18-19H,1,11H2,2-3H3;5-8,11-12,19H,2-4,9-10H2,1H3. The number of aromatic nitrogens is 4. The highest BCUT2D eigenvalue weighted by atomic mass is 32.2. The van der Waals surface area contributed by atoms with Crippen LogP contribution in [0.1, 0.15) is 103 Å². The van der Waals surface area contributed by atoms with Crippen molar-refractivity contribution in [2.45, 2.75) is 148 Å². The van der Waals surface area contributed by atoms with E-state index in [1.807, 2.05) is 36.4 Å². The molecule has 0 saturated carbocycles. The zero-order valence-electron chi connectivity index (χ0n) is 78.1. The van der Waals surface area contributed by atoms with Gasteiger partial charge in [-0.15, -0.1) is 0 Å². The van der Waals surface area contributed by atoms with Gasteiger partial charge in [-0.2, -0.15) is 4.31 Å². The molecular weight excluding hydrogens is 1970 g/mol. The number of piperidine rings is 4. The number of rotatable bonds is 29.